The smallest absolute Gasteiger partial charge is 0.317 e. The Balaban J connectivity index is 1.51. The van der Waals surface area contributed by atoms with Gasteiger partial charge >= 0.3 is 6.03 Å². The Hall–Kier alpha value is -1.42. The van der Waals surface area contributed by atoms with Gasteiger partial charge in [0.25, 0.3) is 0 Å². The van der Waals surface area contributed by atoms with Crippen LogP contribution in [-0.2, 0) is 0 Å². The van der Waals surface area contributed by atoms with E-state index in [0.29, 0.717) is 5.92 Å². The van der Waals surface area contributed by atoms with Gasteiger partial charge < -0.3 is 15.1 Å². The lowest BCUT2D eigenvalue weighted by atomic mass is 10.1. The normalized spacial score (nSPS) is 21.5. The van der Waals surface area contributed by atoms with E-state index in [1.165, 1.54) is 11.3 Å². The van der Waals surface area contributed by atoms with Crippen molar-refractivity contribution in [1.82, 2.24) is 10.2 Å². The van der Waals surface area contributed by atoms with Gasteiger partial charge in [0.15, 0.2) is 0 Å². The molecule has 2 saturated heterocycles. The van der Waals surface area contributed by atoms with Gasteiger partial charge in [0, 0.05) is 43.4 Å². The number of urea groups is 1. The first-order valence-electron chi connectivity index (χ1n) is 8.17. The SMILES string of the molecule is Cc1ccc(Cl)cc1N1CCC(CNC(=O)N2CCCC2)C1. The van der Waals surface area contributed by atoms with Crippen LogP contribution in [0.1, 0.15) is 24.8 Å². The Morgan fingerprint density at radius 2 is 2.09 bits per heavy atom. The van der Waals surface area contributed by atoms with E-state index in [4.69, 9.17) is 11.6 Å². The van der Waals surface area contributed by atoms with Gasteiger partial charge in [-0.05, 0) is 49.8 Å². The van der Waals surface area contributed by atoms with E-state index < -0.39 is 0 Å². The zero-order valence-electron chi connectivity index (χ0n) is 13.1. The highest BCUT2D eigenvalue weighted by Gasteiger charge is 2.25. The third-order valence-electron chi connectivity index (χ3n) is 4.73. The van der Waals surface area contributed by atoms with Crippen LogP contribution in [0.2, 0.25) is 5.02 Å². The third kappa shape index (κ3) is 3.49. The Morgan fingerprint density at radius 3 is 2.86 bits per heavy atom. The minimum absolute atomic E-state index is 0.106. The molecule has 120 valence electrons. The molecule has 2 amide bonds. The number of hydrogen-bond acceptors (Lipinski definition) is 2. The molecule has 1 unspecified atom stereocenters. The van der Waals surface area contributed by atoms with Gasteiger partial charge in [0.2, 0.25) is 0 Å². The monoisotopic (exact) mass is 321 g/mol. The van der Waals surface area contributed by atoms with Crippen LogP contribution in [0.15, 0.2) is 18.2 Å². The lowest BCUT2D eigenvalue weighted by molar-refractivity contribution is 0.207. The molecule has 0 aliphatic carbocycles. The Morgan fingerprint density at radius 1 is 1.32 bits per heavy atom. The number of benzene rings is 1. The lowest BCUT2D eigenvalue weighted by Gasteiger charge is -2.22. The van der Waals surface area contributed by atoms with Crippen LogP contribution in [0, 0.1) is 12.8 Å². The molecule has 0 aromatic heterocycles. The molecule has 22 heavy (non-hydrogen) atoms. The first-order valence-corrected chi connectivity index (χ1v) is 8.55. The van der Waals surface area contributed by atoms with E-state index >= 15 is 0 Å². The number of carbonyl (C=O) groups is 1. The standard InChI is InChI=1S/C17H24ClN3O/c1-13-4-5-15(18)10-16(13)21-9-6-14(12-21)11-19-17(22)20-7-2-3-8-20/h4-5,10,14H,2-3,6-9,11-12H2,1H3,(H,19,22). The average molecular weight is 322 g/mol. The van der Waals surface area contributed by atoms with Gasteiger partial charge in [-0.25, -0.2) is 4.79 Å². The molecule has 0 radical (unpaired) electrons. The van der Waals surface area contributed by atoms with Gasteiger partial charge in [0.1, 0.15) is 0 Å². The second kappa shape index (κ2) is 6.78. The van der Waals surface area contributed by atoms with Crippen molar-refractivity contribution < 1.29 is 4.79 Å². The first-order chi connectivity index (χ1) is 10.6. The molecule has 0 saturated carbocycles. The predicted octanol–water partition coefficient (Wildman–Crippen LogP) is 3.28. The number of likely N-dealkylation sites (tertiary alicyclic amines) is 1. The largest absolute Gasteiger partial charge is 0.371 e. The molecule has 2 aliphatic rings. The fraction of sp³-hybridized carbons (Fsp3) is 0.588. The summed E-state index contributed by atoms with van der Waals surface area (Å²) in [6.07, 6.45) is 3.39. The van der Waals surface area contributed by atoms with Crippen LogP contribution >= 0.6 is 11.6 Å². The Kier molecular flexibility index (Phi) is 4.77. The quantitative estimate of drug-likeness (QED) is 0.927. The summed E-state index contributed by atoms with van der Waals surface area (Å²) in [5.74, 6) is 0.518. The summed E-state index contributed by atoms with van der Waals surface area (Å²) >= 11 is 6.12. The number of amides is 2. The number of hydrogen-bond donors (Lipinski definition) is 1. The molecular formula is C17H24ClN3O. The minimum atomic E-state index is 0.106. The maximum atomic E-state index is 12.0. The molecule has 4 nitrogen and oxygen atoms in total. The molecule has 1 N–H and O–H groups in total. The average Bonchev–Trinajstić information content (AvgIpc) is 3.18. The summed E-state index contributed by atoms with van der Waals surface area (Å²) in [4.78, 5) is 16.3. The number of nitrogens with zero attached hydrogens (tertiary/aromatic N) is 2. The summed E-state index contributed by atoms with van der Waals surface area (Å²) in [6.45, 7) is 6.72. The van der Waals surface area contributed by atoms with Crippen LogP contribution in [0.3, 0.4) is 0 Å². The second-order valence-corrected chi connectivity index (χ2v) is 6.85. The second-order valence-electron chi connectivity index (χ2n) is 6.41. The van der Waals surface area contributed by atoms with Gasteiger partial charge in [-0.3, -0.25) is 0 Å². The van der Waals surface area contributed by atoms with Crippen LogP contribution in [0.25, 0.3) is 0 Å². The summed E-state index contributed by atoms with van der Waals surface area (Å²) in [7, 11) is 0. The van der Waals surface area contributed by atoms with Crippen LogP contribution in [-0.4, -0.2) is 43.7 Å². The van der Waals surface area contributed by atoms with Gasteiger partial charge in [-0.15, -0.1) is 0 Å². The Labute approximate surface area is 137 Å². The first kappa shape index (κ1) is 15.5. The van der Waals surface area contributed by atoms with E-state index in [0.717, 1.165) is 57.0 Å². The van der Waals surface area contributed by atoms with Crippen molar-refractivity contribution in [3.05, 3.63) is 28.8 Å². The van der Waals surface area contributed by atoms with E-state index in [9.17, 15) is 4.79 Å². The van der Waals surface area contributed by atoms with Crippen molar-refractivity contribution >= 4 is 23.3 Å². The highest BCUT2D eigenvalue weighted by Crippen LogP contribution is 2.29. The van der Waals surface area contributed by atoms with E-state index in [1.807, 2.05) is 17.0 Å². The molecule has 0 spiro atoms. The summed E-state index contributed by atoms with van der Waals surface area (Å²) < 4.78 is 0. The van der Waals surface area contributed by atoms with Gasteiger partial charge in [0.05, 0.1) is 0 Å². The topological polar surface area (TPSA) is 35.6 Å². The van der Waals surface area contributed by atoms with Crippen molar-refractivity contribution in [1.29, 1.82) is 0 Å². The highest BCUT2D eigenvalue weighted by molar-refractivity contribution is 6.30. The number of anilines is 1. The molecule has 3 rings (SSSR count). The van der Waals surface area contributed by atoms with E-state index in [2.05, 4.69) is 23.2 Å². The molecule has 2 aliphatic heterocycles. The van der Waals surface area contributed by atoms with Crippen molar-refractivity contribution in [2.75, 3.05) is 37.6 Å². The number of nitrogens with one attached hydrogen (secondary N) is 1. The molecule has 1 aromatic rings. The molecule has 1 aromatic carbocycles. The molecule has 2 heterocycles. The van der Waals surface area contributed by atoms with E-state index in [1.54, 1.807) is 0 Å². The maximum absolute atomic E-state index is 12.0. The molecular weight excluding hydrogens is 298 g/mol. The summed E-state index contributed by atoms with van der Waals surface area (Å²) in [5, 5.41) is 3.88. The summed E-state index contributed by atoms with van der Waals surface area (Å²) in [5.41, 5.74) is 2.48. The third-order valence-corrected chi connectivity index (χ3v) is 4.97. The van der Waals surface area contributed by atoms with Gasteiger partial charge in [-0.1, -0.05) is 17.7 Å². The number of carbonyl (C=O) groups excluding carboxylic acids is 1. The highest BCUT2D eigenvalue weighted by atomic mass is 35.5. The molecule has 5 heteroatoms. The molecule has 0 bridgehead atoms. The van der Waals surface area contributed by atoms with Crippen molar-refractivity contribution in [3.8, 4) is 0 Å². The minimum Gasteiger partial charge on any atom is -0.371 e. The van der Waals surface area contributed by atoms with Crippen molar-refractivity contribution in [3.63, 3.8) is 0 Å². The van der Waals surface area contributed by atoms with E-state index in [-0.39, 0.29) is 6.03 Å². The lowest BCUT2D eigenvalue weighted by Crippen LogP contribution is -2.40. The summed E-state index contributed by atoms with van der Waals surface area (Å²) in [6, 6.07) is 6.15. The fourth-order valence-electron chi connectivity index (χ4n) is 3.40. The van der Waals surface area contributed by atoms with Crippen molar-refractivity contribution in [2.24, 2.45) is 5.92 Å². The maximum Gasteiger partial charge on any atom is 0.317 e. The number of rotatable bonds is 3. The zero-order chi connectivity index (χ0) is 15.5. The molecule has 2 fully saturated rings. The molecule has 1 atom stereocenters. The van der Waals surface area contributed by atoms with Crippen LogP contribution < -0.4 is 10.2 Å². The van der Waals surface area contributed by atoms with Crippen LogP contribution in [0.4, 0.5) is 10.5 Å². The van der Waals surface area contributed by atoms with Gasteiger partial charge in [-0.2, -0.15) is 0 Å². The van der Waals surface area contributed by atoms with Crippen LogP contribution in [0.5, 0.6) is 0 Å². The predicted molar refractivity (Wildman–Crippen MR) is 90.7 cm³/mol. The number of halogens is 1. The Bertz CT molecular complexity index is 543. The number of aryl methyl sites for hydroxylation is 1. The van der Waals surface area contributed by atoms with Crippen molar-refractivity contribution in [2.45, 2.75) is 26.2 Å². The fourth-order valence-corrected chi connectivity index (χ4v) is 3.57. The zero-order valence-corrected chi connectivity index (χ0v) is 13.9.